The first kappa shape index (κ1) is 17.0. The van der Waals surface area contributed by atoms with E-state index in [4.69, 9.17) is 0 Å². The number of H-pyrrole nitrogens is 1. The van der Waals surface area contributed by atoms with Gasteiger partial charge in [-0.05, 0) is 49.5 Å². The number of likely N-dealkylation sites (tertiary alicyclic amines) is 1. The molecule has 0 aliphatic carbocycles. The van der Waals surface area contributed by atoms with E-state index in [1.54, 1.807) is 6.20 Å². The van der Waals surface area contributed by atoms with Gasteiger partial charge >= 0.3 is 0 Å². The van der Waals surface area contributed by atoms with Crippen molar-refractivity contribution in [1.29, 1.82) is 0 Å². The highest BCUT2D eigenvalue weighted by Gasteiger charge is 2.21. The third kappa shape index (κ3) is 4.20. The molecule has 0 unspecified atom stereocenters. The Bertz CT molecular complexity index is 830. The highest BCUT2D eigenvalue weighted by molar-refractivity contribution is 5.84. The van der Waals surface area contributed by atoms with Gasteiger partial charge in [0.05, 0.1) is 0 Å². The van der Waals surface area contributed by atoms with E-state index in [-0.39, 0.29) is 0 Å². The molecule has 1 N–H and O–H groups in total. The van der Waals surface area contributed by atoms with Gasteiger partial charge in [0.15, 0.2) is 0 Å². The molecule has 0 saturated carbocycles. The first-order valence-electron chi connectivity index (χ1n) is 9.46. The molecule has 3 heterocycles. The van der Waals surface area contributed by atoms with Crippen LogP contribution in [-0.2, 0) is 17.8 Å². The van der Waals surface area contributed by atoms with E-state index in [0.29, 0.717) is 24.5 Å². The summed E-state index contributed by atoms with van der Waals surface area (Å²) in [6.45, 7) is 3.19. The molecule has 1 fully saturated rings. The lowest BCUT2D eigenvalue weighted by Gasteiger charge is -2.31. The molecule has 4 nitrogen and oxygen atoms in total. The summed E-state index contributed by atoms with van der Waals surface area (Å²) in [4.78, 5) is 22.4. The summed E-state index contributed by atoms with van der Waals surface area (Å²) in [6, 6.07) is 14.6. The summed E-state index contributed by atoms with van der Waals surface area (Å²) in [5.74, 6) is 0.867. The maximum Gasteiger partial charge on any atom is 0.139 e. The molecule has 134 valence electrons. The molecule has 1 saturated heterocycles. The van der Waals surface area contributed by atoms with Crippen LogP contribution in [0.5, 0.6) is 0 Å². The number of Topliss-reactive ketones (excluding diaryl/α,β-unsaturated/α-hetero) is 1. The van der Waals surface area contributed by atoms with Crippen molar-refractivity contribution in [3.63, 3.8) is 0 Å². The SMILES string of the molecule is O=C(Cc1cc2cnccc2[nH]1)CC1CCN(Cc2ccccc2)CC1. The fraction of sp³-hybridized carbons (Fsp3) is 0.364. The zero-order valence-electron chi connectivity index (χ0n) is 15.0. The molecule has 4 rings (SSSR count). The number of fused-ring (bicyclic) bond motifs is 1. The first-order chi connectivity index (χ1) is 12.8. The molecule has 1 aliphatic rings. The van der Waals surface area contributed by atoms with Crippen molar-refractivity contribution in [3.05, 3.63) is 66.1 Å². The number of carbonyl (C=O) groups is 1. The molecular weight excluding hydrogens is 322 g/mol. The van der Waals surface area contributed by atoms with Gasteiger partial charge in [0, 0.05) is 48.4 Å². The van der Waals surface area contributed by atoms with Crippen LogP contribution in [0.1, 0.15) is 30.5 Å². The maximum atomic E-state index is 12.5. The second-order valence-electron chi connectivity index (χ2n) is 7.38. The maximum absolute atomic E-state index is 12.5. The Kier molecular flexibility index (Phi) is 5.12. The van der Waals surface area contributed by atoms with E-state index in [2.05, 4.69) is 45.2 Å². The number of nitrogens with zero attached hydrogens (tertiary/aromatic N) is 2. The molecule has 0 bridgehead atoms. The number of benzene rings is 1. The van der Waals surface area contributed by atoms with E-state index >= 15 is 0 Å². The monoisotopic (exact) mass is 347 g/mol. The summed E-state index contributed by atoms with van der Waals surface area (Å²) < 4.78 is 0. The van der Waals surface area contributed by atoms with E-state index in [1.807, 2.05) is 18.3 Å². The van der Waals surface area contributed by atoms with Crippen molar-refractivity contribution in [1.82, 2.24) is 14.9 Å². The van der Waals surface area contributed by atoms with Gasteiger partial charge in [-0.1, -0.05) is 30.3 Å². The van der Waals surface area contributed by atoms with E-state index in [1.165, 1.54) is 5.56 Å². The van der Waals surface area contributed by atoms with Crippen LogP contribution >= 0.6 is 0 Å². The number of aromatic amines is 1. The zero-order chi connectivity index (χ0) is 17.8. The lowest BCUT2D eigenvalue weighted by Crippen LogP contribution is -2.34. The molecule has 0 amide bonds. The Balaban J connectivity index is 1.25. The average Bonchev–Trinajstić information content (AvgIpc) is 3.06. The summed E-state index contributed by atoms with van der Waals surface area (Å²) in [7, 11) is 0. The minimum Gasteiger partial charge on any atom is -0.358 e. The lowest BCUT2D eigenvalue weighted by molar-refractivity contribution is -0.119. The number of hydrogen-bond donors (Lipinski definition) is 1. The van der Waals surface area contributed by atoms with Crippen LogP contribution in [0.25, 0.3) is 10.9 Å². The second kappa shape index (κ2) is 7.83. The topological polar surface area (TPSA) is 49.0 Å². The molecule has 4 heteroatoms. The number of pyridine rings is 1. The van der Waals surface area contributed by atoms with Gasteiger partial charge in [0.2, 0.25) is 0 Å². The van der Waals surface area contributed by atoms with E-state index in [0.717, 1.165) is 49.1 Å². The fourth-order valence-corrected chi connectivity index (χ4v) is 3.92. The molecule has 1 aliphatic heterocycles. The number of rotatable bonds is 6. The molecule has 26 heavy (non-hydrogen) atoms. The molecule has 0 spiro atoms. The molecule has 0 radical (unpaired) electrons. The van der Waals surface area contributed by atoms with Gasteiger partial charge in [-0.15, -0.1) is 0 Å². The van der Waals surface area contributed by atoms with Crippen LogP contribution in [0.4, 0.5) is 0 Å². The van der Waals surface area contributed by atoms with Crippen molar-refractivity contribution in [2.24, 2.45) is 5.92 Å². The van der Waals surface area contributed by atoms with E-state index in [9.17, 15) is 4.79 Å². The van der Waals surface area contributed by atoms with Crippen molar-refractivity contribution in [3.8, 4) is 0 Å². The van der Waals surface area contributed by atoms with Gasteiger partial charge in [-0.25, -0.2) is 0 Å². The van der Waals surface area contributed by atoms with Gasteiger partial charge in [0.1, 0.15) is 5.78 Å². The molecule has 1 aromatic carbocycles. The van der Waals surface area contributed by atoms with E-state index < -0.39 is 0 Å². The van der Waals surface area contributed by atoms with Crippen LogP contribution in [-0.4, -0.2) is 33.7 Å². The molecule has 3 aromatic rings. The molecule has 2 aromatic heterocycles. The predicted octanol–water partition coefficient (Wildman–Crippen LogP) is 3.98. The summed E-state index contributed by atoms with van der Waals surface area (Å²) in [6.07, 6.45) is 7.05. The fourth-order valence-electron chi connectivity index (χ4n) is 3.92. The van der Waals surface area contributed by atoms with Crippen LogP contribution in [0, 0.1) is 5.92 Å². The Morgan fingerprint density at radius 1 is 1.15 bits per heavy atom. The minimum atomic E-state index is 0.339. The molecule has 0 atom stereocenters. The minimum absolute atomic E-state index is 0.339. The quantitative estimate of drug-likeness (QED) is 0.734. The lowest BCUT2D eigenvalue weighted by atomic mass is 9.90. The average molecular weight is 347 g/mol. The Labute approximate surface area is 154 Å². The smallest absolute Gasteiger partial charge is 0.139 e. The highest BCUT2D eigenvalue weighted by atomic mass is 16.1. The highest BCUT2D eigenvalue weighted by Crippen LogP contribution is 2.23. The third-order valence-corrected chi connectivity index (χ3v) is 5.34. The van der Waals surface area contributed by atoms with Crippen molar-refractivity contribution in [2.75, 3.05) is 13.1 Å². The van der Waals surface area contributed by atoms with Crippen molar-refractivity contribution < 1.29 is 4.79 Å². The van der Waals surface area contributed by atoms with Crippen molar-refractivity contribution >= 4 is 16.7 Å². The van der Waals surface area contributed by atoms with Crippen LogP contribution in [0.2, 0.25) is 0 Å². The number of aromatic nitrogens is 2. The van der Waals surface area contributed by atoms with Crippen LogP contribution < -0.4 is 0 Å². The van der Waals surface area contributed by atoms with Gasteiger partial charge in [0.25, 0.3) is 0 Å². The summed E-state index contributed by atoms with van der Waals surface area (Å²) in [5.41, 5.74) is 3.42. The van der Waals surface area contributed by atoms with Gasteiger partial charge < -0.3 is 4.98 Å². The van der Waals surface area contributed by atoms with Crippen LogP contribution in [0.3, 0.4) is 0 Å². The Morgan fingerprint density at radius 3 is 2.73 bits per heavy atom. The number of ketones is 1. The number of piperidine rings is 1. The van der Waals surface area contributed by atoms with Gasteiger partial charge in [-0.2, -0.15) is 0 Å². The van der Waals surface area contributed by atoms with Crippen molar-refractivity contribution in [2.45, 2.75) is 32.2 Å². The standard InChI is InChI=1S/C22H25N3O/c26-21(14-20-13-19-15-23-9-6-22(19)24-20)12-17-7-10-25(11-8-17)16-18-4-2-1-3-5-18/h1-6,9,13,15,17,24H,7-8,10-12,14,16H2. The number of carbonyl (C=O) groups excluding carboxylic acids is 1. The zero-order valence-corrected chi connectivity index (χ0v) is 15.0. The summed E-state index contributed by atoms with van der Waals surface area (Å²) in [5, 5.41) is 1.07. The Morgan fingerprint density at radius 2 is 1.96 bits per heavy atom. The predicted molar refractivity (Wildman–Crippen MR) is 104 cm³/mol. The normalized spacial score (nSPS) is 16.2. The Hall–Kier alpha value is -2.46. The van der Waals surface area contributed by atoms with Gasteiger partial charge in [-0.3, -0.25) is 14.7 Å². The largest absolute Gasteiger partial charge is 0.358 e. The summed E-state index contributed by atoms with van der Waals surface area (Å²) >= 11 is 0. The number of nitrogens with one attached hydrogen (secondary N) is 1. The third-order valence-electron chi connectivity index (χ3n) is 5.34. The first-order valence-corrected chi connectivity index (χ1v) is 9.46. The second-order valence-corrected chi connectivity index (χ2v) is 7.38. The number of hydrogen-bond acceptors (Lipinski definition) is 3. The molecular formula is C22H25N3O. The van der Waals surface area contributed by atoms with Crippen LogP contribution in [0.15, 0.2) is 54.9 Å².